The van der Waals surface area contributed by atoms with Gasteiger partial charge in [-0.25, -0.2) is 0 Å². The second-order valence-corrected chi connectivity index (χ2v) is 6.85. The Morgan fingerprint density at radius 3 is 2.21 bits per heavy atom. The van der Waals surface area contributed by atoms with Gasteiger partial charge in [0, 0.05) is 34.0 Å². The molecule has 2 aromatic carbocycles. The quantitative estimate of drug-likeness (QED) is 0.444. The van der Waals surface area contributed by atoms with Gasteiger partial charge in [0.05, 0.1) is 12.7 Å². The number of carbonyl (C=O) groups is 3. The third kappa shape index (κ3) is 2.44. The summed E-state index contributed by atoms with van der Waals surface area (Å²) in [5.41, 5.74) is 2.38. The van der Waals surface area contributed by atoms with Gasteiger partial charge in [-0.2, -0.15) is 0 Å². The Kier molecular flexibility index (Phi) is 3.71. The molecule has 1 aliphatic rings. The molecule has 0 aliphatic heterocycles. The predicted octanol–water partition coefficient (Wildman–Crippen LogP) is 3.95. The largest absolute Gasteiger partial charge is 0.497 e. The molecule has 2 aromatic heterocycles. The van der Waals surface area contributed by atoms with Crippen LogP contribution in [0.3, 0.4) is 0 Å². The van der Waals surface area contributed by atoms with Crippen molar-refractivity contribution in [3.8, 4) is 5.75 Å². The van der Waals surface area contributed by atoms with Gasteiger partial charge in [-0.1, -0.05) is 24.3 Å². The van der Waals surface area contributed by atoms with Gasteiger partial charge in [0.15, 0.2) is 11.6 Å². The van der Waals surface area contributed by atoms with Crippen LogP contribution in [-0.4, -0.2) is 28.9 Å². The molecule has 140 valence electrons. The third-order valence-electron chi connectivity index (χ3n) is 5.27. The molecular weight excluding hydrogens is 366 g/mol. The number of methoxy groups -OCH3 is 1. The number of carbonyl (C=O) groups excluding carboxylic acids is 3. The Labute approximate surface area is 166 Å². The maximum atomic E-state index is 13.5. The minimum absolute atomic E-state index is 0.151. The van der Waals surface area contributed by atoms with Crippen LogP contribution >= 0.6 is 0 Å². The number of pyridine rings is 1. The van der Waals surface area contributed by atoms with Gasteiger partial charge in [0.25, 0.3) is 0 Å². The molecule has 1 aliphatic carbocycles. The molecule has 5 rings (SSSR count). The second-order valence-electron chi connectivity index (χ2n) is 6.85. The molecule has 4 aromatic rings. The molecule has 0 unspecified atom stereocenters. The molecule has 2 heterocycles. The molecule has 29 heavy (non-hydrogen) atoms. The molecule has 0 fully saturated rings. The zero-order valence-electron chi connectivity index (χ0n) is 15.5. The summed E-state index contributed by atoms with van der Waals surface area (Å²) in [6, 6.07) is 18.7. The first-order valence-corrected chi connectivity index (χ1v) is 9.11. The van der Waals surface area contributed by atoms with Crippen molar-refractivity contribution in [2.75, 3.05) is 7.11 Å². The lowest BCUT2D eigenvalue weighted by Gasteiger charge is -2.21. The van der Waals surface area contributed by atoms with E-state index in [-0.39, 0.29) is 34.2 Å². The molecule has 0 saturated carbocycles. The van der Waals surface area contributed by atoms with Crippen molar-refractivity contribution < 1.29 is 19.1 Å². The van der Waals surface area contributed by atoms with E-state index in [1.165, 1.54) is 0 Å². The van der Waals surface area contributed by atoms with E-state index in [1.54, 1.807) is 78.4 Å². The molecule has 0 saturated heterocycles. The van der Waals surface area contributed by atoms with Crippen LogP contribution in [-0.2, 0) is 0 Å². The van der Waals surface area contributed by atoms with Crippen molar-refractivity contribution in [1.29, 1.82) is 0 Å². The molecular formula is C24H15NO4. The third-order valence-corrected chi connectivity index (χ3v) is 5.27. The number of rotatable bonds is 3. The Bertz CT molecular complexity index is 1330. The highest BCUT2D eigenvalue weighted by atomic mass is 16.5. The number of fused-ring (bicyclic) bond motifs is 3. The standard InChI is InChI=1S/C24H15NO4/c1-29-16-10-8-14(9-11-16)22(26)21-20-19(13-15-5-4-12-25(15)21)23(27)17-6-2-3-7-18(17)24(20)28/h2-13H,1H3. The average molecular weight is 381 g/mol. The minimum atomic E-state index is -0.328. The van der Waals surface area contributed by atoms with Crippen molar-refractivity contribution in [3.63, 3.8) is 0 Å². The number of ketones is 3. The lowest BCUT2D eigenvalue weighted by atomic mass is 9.82. The Morgan fingerprint density at radius 1 is 0.828 bits per heavy atom. The highest BCUT2D eigenvalue weighted by Gasteiger charge is 2.35. The average Bonchev–Trinajstić information content (AvgIpc) is 3.24. The summed E-state index contributed by atoms with van der Waals surface area (Å²) < 4.78 is 6.83. The number of benzene rings is 2. The molecule has 5 nitrogen and oxygen atoms in total. The Morgan fingerprint density at radius 2 is 1.52 bits per heavy atom. The van der Waals surface area contributed by atoms with Gasteiger partial charge >= 0.3 is 0 Å². The fourth-order valence-electron chi connectivity index (χ4n) is 3.85. The van der Waals surface area contributed by atoms with Crippen molar-refractivity contribution in [2.24, 2.45) is 0 Å². The van der Waals surface area contributed by atoms with Crippen LogP contribution in [0.5, 0.6) is 5.75 Å². The highest BCUT2D eigenvalue weighted by Crippen LogP contribution is 2.32. The zero-order chi connectivity index (χ0) is 20.1. The van der Waals surface area contributed by atoms with Gasteiger partial charge in [0.1, 0.15) is 11.4 Å². The van der Waals surface area contributed by atoms with Crippen molar-refractivity contribution in [2.45, 2.75) is 0 Å². The minimum Gasteiger partial charge on any atom is -0.497 e. The van der Waals surface area contributed by atoms with Crippen LogP contribution in [0.25, 0.3) is 5.52 Å². The molecule has 5 heteroatoms. The van der Waals surface area contributed by atoms with E-state index < -0.39 is 0 Å². The van der Waals surface area contributed by atoms with Gasteiger partial charge in [-0.05, 0) is 42.5 Å². The van der Waals surface area contributed by atoms with Crippen LogP contribution < -0.4 is 4.74 Å². The van der Waals surface area contributed by atoms with Gasteiger partial charge in [-0.3, -0.25) is 14.4 Å². The zero-order valence-corrected chi connectivity index (χ0v) is 15.5. The molecule has 0 spiro atoms. The lowest BCUT2D eigenvalue weighted by Crippen LogP contribution is -2.26. The topological polar surface area (TPSA) is 64.8 Å². The maximum absolute atomic E-state index is 13.5. The van der Waals surface area contributed by atoms with E-state index in [4.69, 9.17) is 4.74 Å². The fourth-order valence-corrected chi connectivity index (χ4v) is 3.85. The van der Waals surface area contributed by atoms with Crippen LogP contribution in [0, 0.1) is 0 Å². The Balaban J connectivity index is 1.80. The molecule has 0 N–H and O–H groups in total. The van der Waals surface area contributed by atoms with Crippen LogP contribution in [0.1, 0.15) is 47.9 Å². The Hall–Kier alpha value is -3.99. The van der Waals surface area contributed by atoms with Gasteiger partial charge < -0.3 is 9.14 Å². The van der Waals surface area contributed by atoms with Crippen LogP contribution in [0.4, 0.5) is 0 Å². The SMILES string of the molecule is COc1ccc(C(=O)c2c3c(cc4cccn24)C(=O)c2ccccc2C3=O)cc1. The van der Waals surface area contributed by atoms with E-state index in [9.17, 15) is 14.4 Å². The summed E-state index contributed by atoms with van der Waals surface area (Å²) in [6.07, 6.45) is 1.73. The molecule has 0 bridgehead atoms. The van der Waals surface area contributed by atoms with E-state index >= 15 is 0 Å². The lowest BCUT2D eigenvalue weighted by molar-refractivity contribution is 0.0969. The molecule has 0 atom stereocenters. The van der Waals surface area contributed by atoms with Crippen LogP contribution in [0.2, 0.25) is 0 Å². The fraction of sp³-hybridized carbons (Fsp3) is 0.0417. The molecule has 0 radical (unpaired) electrons. The number of aromatic nitrogens is 1. The van der Waals surface area contributed by atoms with Gasteiger partial charge in [-0.15, -0.1) is 0 Å². The normalized spacial score (nSPS) is 12.6. The van der Waals surface area contributed by atoms with Crippen molar-refractivity contribution in [1.82, 2.24) is 4.40 Å². The summed E-state index contributed by atoms with van der Waals surface area (Å²) in [7, 11) is 1.55. The number of ether oxygens (including phenoxy) is 1. The predicted molar refractivity (Wildman–Crippen MR) is 107 cm³/mol. The number of hydrogen-bond donors (Lipinski definition) is 0. The number of hydrogen-bond acceptors (Lipinski definition) is 4. The number of nitrogens with zero attached hydrogens (tertiary/aromatic N) is 1. The van der Waals surface area contributed by atoms with E-state index in [1.807, 2.05) is 6.07 Å². The second kappa shape index (κ2) is 6.27. The first-order valence-electron chi connectivity index (χ1n) is 9.11. The smallest absolute Gasteiger partial charge is 0.210 e. The monoisotopic (exact) mass is 381 g/mol. The highest BCUT2D eigenvalue weighted by molar-refractivity contribution is 6.31. The summed E-state index contributed by atoms with van der Waals surface area (Å²) in [4.78, 5) is 39.9. The first-order chi connectivity index (χ1) is 14.1. The van der Waals surface area contributed by atoms with Crippen molar-refractivity contribution in [3.05, 3.63) is 106 Å². The van der Waals surface area contributed by atoms with E-state index in [0.29, 0.717) is 28.0 Å². The molecule has 0 amide bonds. The van der Waals surface area contributed by atoms with E-state index in [2.05, 4.69) is 0 Å². The van der Waals surface area contributed by atoms with Gasteiger partial charge in [0.2, 0.25) is 5.78 Å². The maximum Gasteiger partial charge on any atom is 0.210 e. The summed E-state index contributed by atoms with van der Waals surface area (Å²) in [5.74, 6) is -0.264. The summed E-state index contributed by atoms with van der Waals surface area (Å²) >= 11 is 0. The van der Waals surface area contributed by atoms with E-state index in [0.717, 1.165) is 0 Å². The first kappa shape index (κ1) is 17.1. The summed E-state index contributed by atoms with van der Waals surface area (Å²) in [5, 5.41) is 0. The summed E-state index contributed by atoms with van der Waals surface area (Å²) in [6.45, 7) is 0. The van der Waals surface area contributed by atoms with Crippen molar-refractivity contribution >= 4 is 22.9 Å². The van der Waals surface area contributed by atoms with Crippen LogP contribution in [0.15, 0.2) is 72.9 Å².